The molecule has 9 nitrogen and oxygen atoms in total. The van der Waals surface area contributed by atoms with Crippen LogP contribution in [0.25, 0.3) is 11.1 Å². The molecule has 0 radical (unpaired) electrons. The zero-order valence-corrected chi connectivity index (χ0v) is 22.4. The molecule has 194 valence electrons. The second-order valence-electron chi connectivity index (χ2n) is 8.74. The predicted octanol–water partition coefficient (Wildman–Crippen LogP) is 5.10. The summed E-state index contributed by atoms with van der Waals surface area (Å²) in [5.74, 6) is 0.558. The Bertz CT molecular complexity index is 1540. The Labute approximate surface area is 220 Å². The Hall–Kier alpha value is -3.63. The van der Waals surface area contributed by atoms with Gasteiger partial charge in [0.05, 0.1) is 4.90 Å². The highest BCUT2D eigenvalue weighted by Crippen LogP contribution is 2.31. The van der Waals surface area contributed by atoms with Gasteiger partial charge in [0.1, 0.15) is 17.3 Å². The third kappa shape index (κ3) is 5.55. The standard InChI is InChI=1S/C26H28ClN5O4S/c1-4-5-11-22-29-24(27)23(25(28)33)32(22)15-18-12-13-20(19-9-7-6-8-10-19)21(14-18)37(34,35)31-26-16(2)17(3)36-30-26/h6-10,12-14H,4-5,11,15H2,1-3H3,(H2,28,33)(H,30,31). The number of primary amides is 1. The van der Waals surface area contributed by atoms with Gasteiger partial charge in [-0.3, -0.25) is 9.52 Å². The normalized spacial score (nSPS) is 11.6. The molecule has 1 amide bonds. The van der Waals surface area contributed by atoms with Crippen LogP contribution in [0.15, 0.2) is 57.9 Å². The van der Waals surface area contributed by atoms with Crippen molar-refractivity contribution in [3.05, 3.63) is 82.1 Å². The third-order valence-electron chi connectivity index (χ3n) is 6.14. The van der Waals surface area contributed by atoms with Gasteiger partial charge >= 0.3 is 0 Å². The van der Waals surface area contributed by atoms with Crippen molar-refractivity contribution in [3.8, 4) is 11.1 Å². The molecule has 0 aliphatic rings. The van der Waals surface area contributed by atoms with Gasteiger partial charge in [0.25, 0.3) is 15.9 Å². The topological polar surface area (TPSA) is 133 Å². The van der Waals surface area contributed by atoms with E-state index in [-0.39, 0.29) is 28.1 Å². The fraction of sp³-hybridized carbons (Fsp3) is 0.269. The van der Waals surface area contributed by atoms with Gasteiger partial charge in [0, 0.05) is 24.1 Å². The highest BCUT2D eigenvalue weighted by atomic mass is 35.5. The molecule has 4 aromatic rings. The smallest absolute Gasteiger partial charge is 0.268 e. The number of carbonyl (C=O) groups is 1. The highest BCUT2D eigenvalue weighted by Gasteiger charge is 2.25. The first-order chi connectivity index (χ1) is 17.6. The number of hydrogen-bond acceptors (Lipinski definition) is 6. The lowest BCUT2D eigenvalue weighted by molar-refractivity contribution is 0.0991. The molecule has 0 saturated carbocycles. The summed E-state index contributed by atoms with van der Waals surface area (Å²) in [7, 11) is -4.08. The van der Waals surface area contributed by atoms with E-state index >= 15 is 0 Å². The van der Waals surface area contributed by atoms with Crippen LogP contribution in [0.3, 0.4) is 0 Å². The van der Waals surface area contributed by atoms with Gasteiger partial charge in [-0.2, -0.15) is 0 Å². The van der Waals surface area contributed by atoms with Crippen LogP contribution in [0.1, 0.15) is 53.0 Å². The number of aromatic nitrogens is 3. The summed E-state index contributed by atoms with van der Waals surface area (Å²) in [6.07, 6.45) is 2.37. The largest absolute Gasteiger partial charge is 0.364 e. The summed E-state index contributed by atoms with van der Waals surface area (Å²) in [4.78, 5) is 16.6. The number of unbranched alkanes of at least 4 members (excludes halogenated alkanes) is 1. The summed E-state index contributed by atoms with van der Waals surface area (Å²) in [6, 6.07) is 14.3. The second-order valence-corrected chi connectivity index (χ2v) is 10.7. The minimum absolute atomic E-state index is 0.0332. The Morgan fingerprint density at radius 1 is 1.16 bits per heavy atom. The van der Waals surface area contributed by atoms with E-state index in [1.807, 2.05) is 36.4 Å². The van der Waals surface area contributed by atoms with E-state index in [0.29, 0.717) is 34.7 Å². The lowest BCUT2D eigenvalue weighted by Gasteiger charge is -2.15. The SMILES string of the molecule is CCCCc1nc(Cl)c(C(N)=O)n1Cc1ccc(-c2ccccc2)c(S(=O)(=O)Nc2noc(C)c2C)c1. The summed E-state index contributed by atoms with van der Waals surface area (Å²) < 4.78 is 36.6. The molecule has 0 unspecified atom stereocenters. The molecule has 3 N–H and O–H groups in total. The van der Waals surface area contributed by atoms with Crippen LogP contribution >= 0.6 is 11.6 Å². The van der Waals surface area contributed by atoms with Crippen molar-refractivity contribution in [1.29, 1.82) is 0 Å². The summed E-state index contributed by atoms with van der Waals surface area (Å²) in [5.41, 5.74) is 8.17. The maximum atomic E-state index is 13.6. The zero-order chi connectivity index (χ0) is 26.7. The number of imidazole rings is 1. The lowest BCUT2D eigenvalue weighted by Crippen LogP contribution is -2.20. The van der Waals surface area contributed by atoms with E-state index in [9.17, 15) is 13.2 Å². The number of nitrogens with one attached hydrogen (secondary N) is 1. The Morgan fingerprint density at radius 3 is 2.51 bits per heavy atom. The van der Waals surface area contributed by atoms with Gasteiger partial charge in [-0.1, -0.05) is 72.6 Å². The Kier molecular flexibility index (Phi) is 7.70. The monoisotopic (exact) mass is 541 g/mol. The van der Waals surface area contributed by atoms with Crippen LogP contribution in [0, 0.1) is 13.8 Å². The molecular formula is C26H28ClN5O4S. The molecule has 0 bridgehead atoms. The van der Waals surface area contributed by atoms with Gasteiger partial charge < -0.3 is 14.8 Å². The second kappa shape index (κ2) is 10.8. The average molecular weight is 542 g/mol. The molecule has 0 aliphatic carbocycles. The van der Waals surface area contributed by atoms with Crippen molar-refractivity contribution >= 4 is 33.3 Å². The van der Waals surface area contributed by atoms with Gasteiger partial charge in [0.15, 0.2) is 11.0 Å². The number of hydrogen-bond donors (Lipinski definition) is 2. The first kappa shape index (κ1) is 26.4. The van der Waals surface area contributed by atoms with E-state index in [1.165, 1.54) is 0 Å². The van der Waals surface area contributed by atoms with Gasteiger partial charge in [-0.15, -0.1) is 0 Å². The van der Waals surface area contributed by atoms with Crippen molar-refractivity contribution in [1.82, 2.24) is 14.7 Å². The van der Waals surface area contributed by atoms with Crippen LogP contribution in [-0.2, 0) is 23.0 Å². The van der Waals surface area contributed by atoms with Crippen LogP contribution in [0.4, 0.5) is 5.82 Å². The molecule has 4 rings (SSSR count). The molecule has 0 aliphatic heterocycles. The number of nitrogens with zero attached hydrogens (tertiary/aromatic N) is 3. The molecule has 37 heavy (non-hydrogen) atoms. The quantitative estimate of drug-likeness (QED) is 0.287. The van der Waals surface area contributed by atoms with Crippen LogP contribution in [0.2, 0.25) is 5.15 Å². The number of amides is 1. The van der Waals surface area contributed by atoms with Crippen molar-refractivity contribution in [2.24, 2.45) is 5.73 Å². The van der Waals surface area contributed by atoms with Gasteiger partial charge in [0.2, 0.25) is 0 Å². The molecule has 0 fully saturated rings. The minimum atomic E-state index is -4.08. The van der Waals surface area contributed by atoms with Crippen LogP contribution in [-0.4, -0.2) is 29.0 Å². The number of aryl methyl sites for hydroxylation is 2. The molecule has 0 saturated heterocycles. The van der Waals surface area contributed by atoms with Crippen molar-refractivity contribution in [2.45, 2.75) is 51.5 Å². The highest BCUT2D eigenvalue weighted by molar-refractivity contribution is 7.92. The number of halogens is 1. The number of anilines is 1. The number of benzene rings is 2. The summed E-state index contributed by atoms with van der Waals surface area (Å²) in [6.45, 7) is 5.65. The molecule has 2 aromatic heterocycles. The van der Waals surface area contributed by atoms with Gasteiger partial charge in [-0.05, 0) is 37.5 Å². The first-order valence-corrected chi connectivity index (χ1v) is 13.7. The number of carbonyl (C=O) groups excluding carboxylic acids is 1. The molecule has 2 heterocycles. The zero-order valence-electron chi connectivity index (χ0n) is 20.8. The third-order valence-corrected chi connectivity index (χ3v) is 7.78. The number of sulfonamides is 1. The van der Waals surface area contributed by atoms with Crippen LogP contribution in [0.5, 0.6) is 0 Å². The van der Waals surface area contributed by atoms with E-state index in [1.54, 1.807) is 30.5 Å². The average Bonchev–Trinajstić information content (AvgIpc) is 3.35. The van der Waals surface area contributed by atoms with Gasteiger partial charge in [-0.25, -0.2) is 13.4 Å². The minimum Gasteiger partial charge on any atom is -0.364 e. The van der Waals surface area contributed by atoms with E-state index in [2.05, 4.69) is 21.8 Å². The van der Waals surface area contributed by atoms with Crippen molar-refractivity contribution in [2.75, 3.05) is 4.72 Å². The summed E-state index contributed by atoms with van der Waals surface area (Å²) in [5, 5.41) is 3.88. The Morgan fingerprint density at radius 2 is 1.89 bits per heavy atom. The van der Waals surface area contributed by atoms with E-state index in [4.69, 9.17) is 21.9 Å². The predicted molar refractivity (Wildman–Crippen MR) is 142 cm³/mol. The van der Waals surface area contributed by atoms with E-state index < -0.39 is 15.9 Å². The fourth-order valence-electron chi connectivity index (χ4n) is 4.02. The number of rotatable bonds is 10. The molecular weight excluding hydrogens is 514 g/mol. The molecule has 0 spiro atoms. The maximum absolute atomic E-state index is 13.6. The fourth-order valence-corrected chi connectivity index (χ4v) is 5.65. The number of nitrogens with two attached hydrogens (primary N) is 1. The van der Waals surface area contributed by atoms with Crippen LogP contribution < -0.4 is 10.5 Å². The maximum Gasteiger partial charge on any atom is 0.268 e. The lowest BCUT2D eigenvalue weighted by atomic mass is 10.0. The Balaban J connectivity index is 1.82. The van der Waals surface area contributed by atoms with Crippen molar-refractivity contribution < 1.29 is 17.7 Å². The summed E-state index contributed by atoms with van der Waals surface area (Å²) >= 11 is 6.25. The first-order valence-electron chi connectivity index (χ1n) is 11.8. The molecule has 2 aromatic carbocycles. The van der Waals surface area contributed by atoms with E-state index in [0.717, 1.165) is 18.4 Å². The molecule has 11 heteroatoms. The molecule has 0 atom stereocenters. The van der Waals surface area contributed by atoms with Crippen molar-refractivity contribution in [3.63, 3.8) is 0 Å².